The van der Waals surface area contributed by atoms with Crippen molar-refractivity contribution >= 4 is 11.6 Å². The first-order chi connectivity index (χ1) is 11.9. The largest absolute Gasteiger partial charge is 0.493 e. The van der Waals surface area contributed by atoms with E-state index >= 15 is 0 Å². The summed E-state index contributed by atoms with van der Waals surface area (Å²) >= 11 is 0. The SMILES string of the molecule is CCCC(N)C(=O)Nc1ccc(Oc2ccc(C)cc2OC)c(F)c1. The summed E-state index contributed by atoms with van der Waals surface area (Å²) < 4.78 is 25.1. The van der Waals surface area contributed by atoms with E-state index in [0.29, 0.717) is 23.6 Å². The summed E-state index contributed by atoms with van der Waals surface area (Å²) in [6.45, 7) is 3.87. The number of carbonyl (C=O) groups excluding carboxylic acids is 1. The van der Waals surface area contributed by atoms with Gasteiger partial charge in [-0.05, 0) is 43.2 Å². The molecule has 3 N–H and O–H groups in total. The standard InChI is InChI=1S/C19H23FN2O3/c1-4-5-15(21)19(23)22-13-7-9-16(14(20)11-13)25-17-8-6-12(2)10-18(17)24-3/h6-11,15H,4-5,21H2,1-3H3,(H,22,23). The number of ether oxygens (including phenoxy) is 2. The average Bonchev–Trinajstić information content (AvgIpc) is 2.58. The summed E-state index contributed by atoms with van der Waals surface area (Å²) in [4.78, 5) is 11.9. The molecule has 2 rings (SSSR count). The molecule has 0 aliphatic rings. The Morgan fingerprint density at radius 1 is 1.20 bits per heavy atom. The van der Waals surface area contributed by atoms with Crippen LogP contribution >= 0.6 is 0 Å². The maximum absolute atomic E-state index is 14.3. The molecule has 0 bridgehead atoms. The number of rotatable bonds is 7. The van der Waals surface area contributed by atoms with Crippen LogP contribution < -0.4 is 20.5 Å². The smallest absolute Gasteiger partial charge is 0.241 e. The number of halogens is 1. The lowest BCUT2D eigenvalue weighted by molar-refractivity contribution is -0.117. The Balaban J connectivity index is 2.13. The van der Waals surface area contributed by atoms with Gasteiger partial charge < -0.3 is 20.5 Å². The molecular weight excluding hydrogens is 323 g/mol. The number of benzene rings is 2. The van der Waals surface area contributed by atoms with Gasteiger partial charge in [-0.3, -0.25) is 4.79 Å². The number of nitrogens with one attached hydrogen (secondary N) is 1. The predicted octanol–water partition coefficient (Wildman–Crippen LogP) is 4.00. The lowest BCUT2D eigenvalue weighted by atomic mass is 10.1. The van der Waals surface area contributed by atoms with Gasteiger partial charge in [-0.15, -0.1) is 0 Å². The number of carbonyl (C=O) groups is 1. The summed E-state index contributed by atoms with van der Waals surface area (Å²) in [6, 6.07) is 8.97. The molecule has 0 radical (unpaired) electrons. The maximum atomic E-state index is 14.3. The summed E-state index contributed by atoms with van der Waals surface area (Å²) in [5, 5.41) is 2.60. The molecule has 0 aliphatic carbocycles. The van der Waals surface area contributed by atoms with Crippen LogP contribution in [0.15, 0.2) is 36.4 Å². The Morgan fingerprint density at radius 3 is 2.56 bits per heavy atom. The van der Waals surface area contributed by atoms with Crippen LogP contribution in [-0.2, 0) is 4.79 Å². The van der Waals surface area contributed by atoms with Gasteiger partial charge in [0.1, 0.15) is 0 Å². The Bertz CT molecular complexity index is 749. The van der Waals surface area contributed by atoms with Gasteiger partial charge in [0, 0.05) is 11.8 Å². The van der Waals surface area contributed by atoms with E-state index in [9.17, 15) is 9.18 Å². The molecule has 5 nitrogen and oxygen atoms in total. The Labute approximate surface area is 146 Å². The summed E-state index contributed by atoms with van der Waals surface area (Å²) in [5.41, 5.74) is 7.08. The van der Waals surface area contributed by atoms with Crippen LogP contribution in [0.1, 0.15) is 25.3 Å². The van der Waals surface area contributed by atoms with Crippen LogP contribution in [-0.4, -0.2) is 19.1 Å². The molecule has 25 heavy (non-hydrogen) atoms. The fraction of sp³-hybridized carbons (Fsp3) is 0.316. The second-order valence-electron chi connectivity index (χ2n) is 5.79. The second-order valence-corrected chi connectivity index (χ2v) is 5.79. The van der Waals surface area contributed by atoms with E-state index in [1.807, 2.05) is 19.9 Å². The van der Waals surface area contributed by atoms with Gasteiger partial charge in [-0.25, -0.2) is 4.39 Å². The predicted molar refractivity (Wildman–Crippen MR) is 95.7 cm³/mol. The number of hydrogen-bond acceptors (Lipinski definition) is 4. The molecular formula is C19H23FN2O3. The van der Waals surface area contributed by atoms with Gasteiger partial charge in [0.05, 0.1) is 13.2 Å². The highest BCUT2D eigenvalue weighted by atomic mass is 19.1. The van der Waals surface area contributed by atoms with Crippen LogP contribution in [0.3, 0.4) is 0 Å². The van der Waals surface area contributed by atoms with Crippen molar-refractivity contribution < 1.29 is 18.7 Å². The Hall–Kier alpha value is -2.60. The van der Waals surface area contributed by atoms with E-state index in [1.54, 1.807) is 18.2 Å². The second kappa shape index (κ2) is 8.48. The van der Waals surface area contributed by atoms with Crippen molar-refractivity contribution in [2.45, 2.75) is 32.7 Å². The van der Waals surface area contributed by atoms with E-state index in [0.717, 1.165) is 12.0 Å². The molecule has 0 saturated heterocycles. The van der Waals surface area contributed by atoms with E-state index in [2.05, 4.69) is 5.32 Å². The fourth-order valence-electron chi connectivity index (χ4n) is 2.32. The van der Waals surface area contributed by atoms with E-state index in [4.69, 9.17) is 15.2 Å². The molecule has 2 aromatic carbocycles. The molecule has 134 valence electrons. The molecule has 0 spiro atoms. The minimum atomic E-state index is -0.610. The van der Waals surface area contributed by atoms with Crippen molar-refractivity contribution in [2.24, 2.45) is 5.73 Å². The monoisotopic (exact) mass is 346 g/mol. The van der Waals surface area contributed by atoms with Crippen LogP contribution in [0.5, 0.6) is 17.2 Å². The summed E-state index contributed by atoms with van der Waals surface area (Å²) in [7, 11) is 1.52. The van der Waals surface area contributed by atoms with Crippen molar-refractivity contribution in [2.75, 3.05) is 12.4 Å². The van der Waals surface area contributed by atoms with Gasteiger partial charge >= 0.3 is 0 Å². The number of aryl methyl sites for hydroxylation is 1. The first-order valence-electron chi connectivity index (χ1n) is 8.13. The zero-order valence-electron chi connectivity index (χ0n) is 14.6. The van der Waals surface area contributed by atoms with Crippen molar-refractivity contribution in [3.8, 4) is 17.2 Å². The van der Waals surface area contributed by atoms with Gasteiger partial charge in [0.15, 0.2) is 23.1 Å². The minimum Gasteiger partial charge on any atom is -0.493 e. The van der Waals surface area contributed by atoms with Crippen molar-refractivity contribution in [1.29, 1.82) is 0 Å². The number of methoxy groups -OCH3 is 1. The van der Waals surface area contributed by atoms with Gasteiger partial charge in [-0.1, -0.05) is 19.4 Å². The highest BCUT2D eigenvalue weighted by Crippen LogP contribution is 2.34. The average molecular weight is 346 g/mol. The fourth-order valence-corrected chi connectivity index (χ4v) is 2.32. The number of hydrogen-bond donors (Lipinski definition) is 2. The van der Waals surface area contributed by atoms with Gasteiger partial charge in [0.2, 0.25) is 5.91 Å². The topological polar surface area (TPSA) is 73.6 Å². The first kappa shape index (κ1) is 18.7. The van der Waals surface area contributed by atoms with Crippen molar-refractivity contribution in [1.82, 2.24) is 0 Å². The van der Waals surface area contributed by atoms with Crippen LogP contribution in [0.4, 0.5) is 10.1 Å². The normalized spacial score (nSPS) is 11.7. The molecule has 0 heterocycles. The molecule has 1 unspecified atom stereocenters. The van der Waals surface area contributed by atoms with Crippen LogP contribution in [0, 0.1) is 12.7 Å². The number of anilines is 1. The molecule has 0 fully saturated rings. The quantitative estimate of drug-likeness (QED) is 0.795. The molecule has 6 heteroatoms. The molecule has 0 aliphatic heterocycles. The number of amides is 1. The van der Waals surface area contributed by atoms with E-state index in [1.165, 1.54) is 19.2 Å². The lowest BCUT2D eigenvalue weighted by Gasteiger charge is -2.14. The molecule has 1 amide bonds. The highest BCUT2D eigenvalue weighted by Gasteiger charge is 2.14. The number of nitrogens with two attached hydrogens (primary N) is 1. The molecule has 0 saturated carbocycles. The van der Waals surface area contributed by atoms with Gasteiger partial charge in [0.25, 0.3) is 0 Å². The molecule has 1 atom stereocenters. The van der Waals surface area contributed by atoms with E-state index < -0.39 is 11.9 Å². The summed E-state index contributed by atoms with van der Waals surface area (Å²) in [5.74, 6) is 0.0358. The molecule has 2 aromatic rings. The molecule has 0 aromatic heterocycles. The van der Waals surface area contributed by atoms with E-state index in [-0.39, 0.29) is 11.7 Å². The van der Waals surface area contributed by atoms with Crippen LogP contribution in [0.25, 0.3) is 0 Å². The highest BCUT2D eigenvalue weighted by molar-refractivity contribution is 5.94. The minimum absolute atomic E-state index is 0.0398. The third-order valence-electron chi connectivity index (χ3n) is 3.67. The third kappa shape index (κ3) is 4.93. The lowest BCUT2D eigenvalue weighted by Crippen LogP contribution is -2.35. The van der Waals surface area contributed by atoms with Crippen molar-refractivity contribution in [3.05, 3.63) is 47.8 Å². The van der Waals surface area contributed by atoms with Crippen molar-refractivity contribution in [3.63, 3.8) is 0 Å². The zero-order valence-corrected chi connectivity index (χ0v) is 14.6. The van der Waals surface area contributed by atoms with Crippen LogP contribution in [0.2, 0.25) is 0 Å². The Kier molecular flexibility index (Phi) is 6.36. The summed E-state index contributed by atoms with van der Waals surface area (Å²) in [6.07, 6.45) is 1.37. The third-order valence-corrected chi connectivity index (χ3v) is 3.67. The first-order valence-corrected chi connectivity index (χ1v) is 8.13. The zero-order chi connectivity index (χ0) is 18.4. The Morgan fingerprint density at radius 2 is 1.92 bits per heavy atom. The maximum Gasteiger partial charge on any atom is 0.241 e. The van der Waals surface area contributed by atoms with Gasteiger partial charge in [-0.2, -0.15) is 0 Å².